The highest BCUT2D eigenvalue weighted by Gasteiger charge is 2.29. The van der Waals surface area contributed by atoms with E-state index in [1.54, 1.807) is 12.0 Å². The summed E-state index contributed by atoms with van der Waals surface area (Å²) in [4.78, 5) is 13.6. The molecule has 0 unspecified atom stereocenters. The smallest absolute Gasteiger partial charge is 0.410 e. The van der Waals surface area contributed by atoms with Gasteiger partial charge in [-0.15, -0.1) is 0 Å². The van der Waals surface area contributed by atoms with Crippen LogP contribution in [-0.4, -0.2) is 56.5 Å². The van der Waals surface area contributed by atoms with E-state index in [0.717, 1.165) is 39.2 Å². The Balaban J connectivity index is 2.22. The minimum Gasteiger partial charge on any atom is -0.444 e. The lowest BCUT2D eigenvalue weighted by atomic mass is 10.1. The molecule has 1 amide bonds. The van der Waals surface area contributed by atoms with Crippen molar-refractivity contribution in [3.05, 3.63) is 0 Å². The van der Waals surface area contributed by atoms with Crippen molar-refractivity contribution >= 4 is 6.09 Å². The second kappa shape index (κ2) is 6.95. The molecule has 0 aromatic rings. The Kier molecular flexibility index (Phi) is 5.88. The van der Waals surface area contributed by atoms with Gasteiger partial charge in [0.25, 0.3) is 0 Å². The van der Waals surface area contributed by atoms with Crippen LogP contribution in [0.15, 0.2) is 0 Å². The summed E-state index contributed by atoms with van der Waals surface area (Å²) in [5.74, 6) is 0.523. The molecule has 0 bridgehead atoms. The zero-order valence-electron chi connectivity index (χ0n) is 12.0. The molecule has 0 aromatic heterocycles. The first-order valence-electron chi connectivity index (χ1n) is 6.60. The van der Waals surface area contributed by atoms with Crippen molar-refractivity contribution in [1.29, 1.82) is 0 Å². The number of likely N-dealkylation sites (tertiary alicyclic amines) is 1. The van der Waals surface area contributed by atoms with E-state index in [-0.39, 0.29) is 6.09 Å². The lowest BCUT2D eigenvalue weighted by Crippen LogP contribution is -2.36. The molecule has 1 atom stereocenters. The normalized spacial score (nSPS) is 20.2. The number of methoxy groups -OCH3 is 1. The van der Waals surface area contributed by atoms with Crippen LogP contribution in [0.3, 0.4) is 0 Å². The standard InChI is InChI=1S/C13H26N2O3/c1-13(2,3)18-12(16)15-7-5-11(10-15)9-14-6-8-17-4/h11,14H,5-10H2,1-4H3/t11-/m0/s1. The van der Waals surface area contributed by atoms with E-state index in [1.807, 2.05) is 20.8 Å². The molecule has 1 fully saturated rings. The number of nitrogens with one attached hydrogen (secondary N) is 1. The summed E-state index contributed by atoms with van der Waals surface area (Å²) in [6.45, 7) is 9.78. The molecule has 0 aliphatic carbocycles. The summed E-state index contributed by atoms with van der Waals surface area (Å²) in [7, 11) is 1.70. The van der Waals surface area contributed by atoms with Crippen molar-refractivity contribution in [3.63, 3.8) is 0 Å². The molecule has 1 aliphatic rings. The highest BCUT2D eigenvalue weighted by atomic mass is 16.6. The first-order valence-corrected chi connectivity index (χ1v) is 6.60. The van der Waals surface area contributed by atoms with Crippen LogP contribution < -0.4 is 5.32 Å². The van der Waals surface area contributed by atoms with Crippen LogP contribution in [0.1, 0.15) is 27.2 Å². The van der Waals surface area contributed by atoms with Crippen molar-refractivity contribution in [2.75, 3.05) is 39.9 Å². The first-order chi connectivity index (χ1) is 8.42. The van der Waals surface area contributed by atoms with Crippen LogP contribution in [0.5, 0.6) is 0 Å². The molecule has 1 saturated heterocycles. The van der Waals surface area contributed by atoms with Gasteiger partial charge in [0.05, 0.1) is 6.61 Å². The van der Waals surface area contributed by atoms with Crippen LogP contribution >= 0.6 is 0 Å². The Morgan fingerprint density at radius 3 is 2.78 bits per heavy atom. The summed E-state index contributed by atoms with van der Waals surface area (Å²) in [5, 5.41) is 3.33. The van der Waals surface area contributed by atoms with Crippen molar-refractivity contribution < 1.29 is 14.3 Å². The maximum atomic E-state index is 11.8. The molecule has 1 rings (SSSR count). The molecule has 1 heterocycles. The molecule has 0 radical (unpaired) electrons. The summed E-state index contributed by atoms with van der Waals surface area (Å²) >= 11 is 0. The Morgan fingerprint density at radius 2 is 2.17 bits per heavy atom. The van der Waals surface area contributed by atoms with Gasteiger partial charge in [-0.3, -0.25) is 0 Å². The van der Waals surface area contributed by atoms with E-state index in [4.69, 9.17) is 9.47 Å². The number of rotatable bonds is 5. The Bertz CT molecular complexity index is 263. The fourth-order valence-electron chi connectivity index (χ4n) is 1.97. The van der Waals surface area contributed by atoms with Crippen LogP contribution in [0.25, 0.3) is 0 Å². The van der Waals surface area contributed by atoms with E-state index in [0.29, 0.717) is 5.92 Å². The topological polar surface area (TPSA) is 50.8 Å². The molecular formula is C13H26N2O3. The average molecular weight is 258 g/mol. The molecule has 106 valence electrons. The van der Waals surface area contributed by atoms with Gasteiger partial charge in [0.1, 0.15) is 5.60 Å². The van der Waals surface area contributed by atoms with Crippen molar-refractivity contribution in [1.82, 2.24) is 10.2 Å². The minimum absolute atomic E-state index is 0.193. The Morgan fingerprint density at radius 1 is 1.44 bits per heavy atom. The summed E-state index contributed by atoms with van der Waals surface area (Å²) in [6.07, 6.45) is 0.848. The van der Waals surface area contributed by atoms with Gasteiger partial charge in [0.15, 0.2) is 0 Å². The van der Waals surface area contributed by atoms with Gasteiger partial charge < -0.3 is 19.7 Å². The van der Waals surface area contributed by atoms with Gasteiger partial charge in [0, 0.05) is 26.7 Å². The van der Waals surface area contributed by atoms with Gasteiger partial charge in [0.2, 0.25) is 0 Å². The molecular weight excluding hydrogens is 232 g/mol. The van der Waals surface area contributed by atoms with Gasteiger partial charge in [-0.05, 0) is 39.7 Å². The van der Waals surface area contributed by atoms with E-state index in [2.05, 4.69) is 5.32 Å². The zero-order chi connectivity index (χ0) is 13.6. The van der Waals surface area contributed by atoms with Crippen LogP contribution in [0.4, 0.5) is 4.79 Å². The Hall–Kier alpha value is -0.810. The molecule has 0 saturated carbocycles. The number of carbonyl (C=O) groups is 1. The molecule has 1 N–H and O–H groups in total. The third-order valence-electron chi connectivity index (χ3n) is 2.85. The van der Waals surface area contributed by atoms with Gasteiger partial charge in [-0.2, -0.15) is 0 Å². The monoisotopic (exact) mass is 258 g/mol. The number of hydrogen-bond donors (Lipinski definition) is 1. The van der Waals surface area contributed by atoms with Crippen molar-refractivity contribution in [2.24, 2.45) is 5.92 Å². The first kappa shape index (κ1) is 15.2. The molecule has 0 spiro atoms. The molecule has 5 nitrogen and oxygen atoms in total. The third-order valence-corrected chi connectivity index (χ3v) is 2.85. The summed E-state index contributed by atoms with van der Waals surface area (Å²) in [6, 6.07) is 0. The second-order valence-electron chi connectivity index (χ2n) is 5.78. The molecule has 5 heteroatoms. The predicted octanol–water partition coefficient (Wildman–Crippen LogP) is 1.48. The Labute approximate surface area is 110 Å². The van der Waals surface area contributed by atoms with Crippen LogP contribution in [-0.2, 0) is 9.47 Å². The largest absolute Gasteiger partial charge is 0.444 e. The van der Waals surface area contributed by atoms with E-state index >= 15 is 0 Å². The lowest BCUT2D eigenvalue weighted by Gasteiger charge is -2.24. The van der Waals surface area contributed by atoms with Crippen molar-refractivity contribution in [2.45, 2.75) is 32.8 Å². The highest BCUT2D eigenvalue weighted by Crippen LogP contribution is 2.18. The fraction of sp³-hybridized carbons (Fsp3) is 0.923. The van der Waals surface area contributed by atoms with Crippen LogP contribution in [0, 0.1) is 5.92 Å². The highest BCUT2D eigenvalue weighted by molar-refractivity contribution is 5.68. The fourth-order valence-corrected chi connectivity index (χ4v) is 1.97. The van der Waals surface area contributed by atoms with Gasteiger partial charge >= 0.3 is 6.09 Å². The van der Waals surface area contributed by atoms with E-state index in [9.17, 15) is 4.79 Å². The van der Waals surface area contributed by atoms with Crippen LogP contribution in [0.2, 0.25) is 0 Å². The van der Waals surface area contributed by atoms with E-state index < -0.39 is 5.60 Å². The number of carbonyl (C=O) groups excluding carboxylic acids is 1. The number of ether oxygens (including phenoxy) is 2. The third kappa shape index (κ3) is 5.69. The SMILES string of the molecule is COCCNC[C@@H]1CCN(C(=O)OC(C)(C)C)C1. The number of hydrogen-bond acceptors (Lipinski definition) is 4. The minimum atomic E-state index is -0.411. The summed E-state index contributed by atoms with van der Waals surface area (Å²) < 4.78 is 10.3. The molecule has 18 heavy (non-hydrogen) atoms. The molecule has 0 aromatic carbocycles. The quantitative estimate of drug-likeness (QED) is 0.759. The number of nitrogens with zero attached hydrogens (tertiary/aromatic N) is 1. The average Bonchev–Trinajstić information content (AvgIpc) is 2.71. The summed E-state index contributed by atoms with van der Waals surface area (Å²) in [5.41, 5.74) is -0.411. The zero-order valence-corrected chi connectivity index (χ0v) is 12.0. The van der Waals surface area contributed by atoms with Gasteiger partial charge in [-0.1, -0.05) is 0 Å². The predicted molar refractivity (Wildman–Crippen MR) is 70.7 cm³/mol. The maximum absolute atomic E-state index is 11.8. The van der Waals surface area contributed by atoms with Crippen molar-refractivity contribution in [3.8, 4) is 0 Å². The van der Waals surface area contributed by atoms with E-state index in [1.165, 1.54) is 0 Å². The van der Waals surface area contributed by atoms with Gasteiger partial charge in [-0.25, -0.2) is 4.79 Å². The maximum Gasteiger partial charge on any atom is 0.410 e. The lowest BCUT2D eigenvalue weighted by molar-refractivity contribution is 0.0288. The molecule has 1 aliphatic heterocycles. The number of amides is 1. The second-order valence-corrected chi connectivity index (χ2v) is 5.78.